The summed E-state index contributed by atoms with van der Waals surface area (Å²) in [6.45, 7) is 0. The van der Waals surface area contributed by atoms with Gasteiger partial charge in [0, 0.05) is 10.8 Å². The minimum Gasteiger partial charge on any atom is -0.496 e. The number of methoxy groups -OCH3 is 1. The number of ether oxygens (including phenoxy) is 1. The van der Waals surface area contributed by atoms with Crippen molar-refractivity contribution in [1.82, 2.24) is 0 Å². The predicted octanol–water partition coefficient (Wildman–Crippen LogP) is 3.61. The molecule has 0 saturated heterocycles. The van der Waals surface area contributed by atoms with Crippen molar-refractivity contribution in [2.75, 3.05) is 10.6 Å². The Morgan fingerprint density at radius 1 is 1.07 bits per heavy atom. The molecule has 2 rings (SSSR count). The SMILES string of the molecule is COc1ccc(NI)c2ccccc12. The molecular weight excluding hydrogens is 289 g/mol. The van der Waals surface area contributed by atoms with Gasteiger partial charge in [-0.15, -0.1) is 0 Å². The molecule has 0 spiro atoms. The van der Waals surface area contributed by atoms with Crippen LogP contribution in [0, 0.1) is 0 Å². The van der Waals surface area contributed by atoms with Crippen LogP contribution in [0.3, 0.4) is 0 Å². The zero-order valence-corrected chi connectivity index (χ0v) is 9.91. The topological polar surface area (TPSA) is 21.3 Å². The highest BCUT2D eigenvalue weighted by Gasteiger charge is 2.03. The van der Waals surface area contributed by atoms with E-state index in [1.807, 2.05) is 24.3 Å². The van der Waals surface area contributed by atoms with Crippen molar-refractivity contribution in [1.29, 1.82) is 0 Å². The van der Waals surface area contributed by atoms with Crippen molar-refractivity contribution in [3.05, 3.63) is 36.4 Å². The van der Waals surface area contributed by atoms with Crippen LogP contribution in [-0.2, 0) is 0 Å². The number of hydrogen-bond donors (Lipinski definition) is 1. The third kappa shape index (κ3) is 1.52. The maximum absolute atomic E-state index is 5.30. The number of anilines is 1. The van der Waals surface area contributed by atoms with Gasteiger partial charge in [0.15, 0.2) is 0 Å². The van der Waals surface area contributed by atoms with Gasteiger partial charge in [-0.05, 0) is 12.1 Å². The summed E-state index contributed by atoms with van der Waals surface area (Å²) in [5.41, 5.74) is 1.11. The lowest BCUT2D eigenvalue weighted by Gasteiger charge is -2.08. The van der Waals surface area contributed by atoms with E-state index in [4.69, 9.17) is 4.74 Å². The lowest BCUT2D eigenvalue weighted by Crippen LogP contribution is -1.87. The van der Waals surface area contributed by atoms with Crippen LogP contribution >= 0.6 is 22.9 Å². The molecular formula is C11H10INO. The Kier molecular flexibility index (Phi) is 2.77. The smallest absolute Gasteiger partial charge is 0.126 e. The Balaban J connectivity index is 2.78. The third-order valence-corrected chi connectivity index (χ3v) is 2.79. The average Bonchev–Trinajstić information content (AvgIpc) is 2.27. The standard InChI is InChI=1S/C11H10INO/c1-14-11-7-6-10(13-12)8-4-2-3-5-9(8)11/h2-7,13H,1H3. The summed E-state index contributed by atoms with van der Waals surface area (Å²) >= 11 is 2.13. The summed E-state index contributed by atoms with van der Waals surface area (Å²) in [5.74, 6) is 0.913. The Hall–Kier alpha value is -0.970. The van der Waals surface area contributed by atoms with Crippen molar-refractivity contribution in [3.63, 3.8) is 0 Å². The fourth-order valence-corrected chi connectivity index (χ4v) is 2.00. The van der Waals surface area contributed by atoms with Gasteiger partial charge >= 0.3 is 0 Å². The first-order chi connectivity index (χ1) is 6.86. The molecule has 0 aromatic heterocycles. The van der Waals surface area contributed by atoms with Crippen LogP contribution in [-0.4, -0.2) is 7.11 Å². The van der Waals surface area contributed by atoms with E-state index in [2.05, 4.69) is 38.5 Å². The lowest BCUT2D eigenvalue weighted by molar-refractivity contribution is 0.420. The van der Waals surface area contributed by atoms with Gasteiger partial charge in [-0.3, -0.25) is 0 Å². The van der Waals surface area contributed by atoms with E-state index in [9.17, 15) is 0 Å². The maximum Gasteiger partial charge on any atom is 0.126 e. The van der Waals surface area contributed by atoms with Crippen molar-refractivity contribution in [2.24, 2.45) is 0 Å². The number of fused-ring (bicyclic) bond motifs is 1. The van der Waals surface area contributed by atoms with E-state index < -0.39 is 0 Å². The van der Waals surface area contributed by atoms with Gasteiger partial charge in [-0.2, -0.15) is 0 Å². The molecule has 0 heterocycles. The first-order valence-corrected chi connectivity index (χ1v) is 5.37. The second kappa shape index (κ2) is 4.04. The molecule has 3 heteroatoms. The molecule has 0 radical (unpaired) electrons. The van der Waals surface area contributed by atoms with Crippen LogP contribution in [0.15, 0.2) is 36.4 Å². The molecule has 0 saturated carbocycles. The molecule has 0 aliphatic heterocycles. The minimum absolute atomic E-state index is 0.913. The van der Waals surface area contributed by atoms with Crippen molar-refractivity contribution < 1.29 is 4.74 Å². The largest absolute Gasteiger partial charge is 0.496 e. The minimum atomic E-state index is 0.913. The zero-order valence-electron chi connectivity index (χ0n) is 7.75. The summed E-state index contributed by atoms with van der Waals surface area (Å²) in [6.07, 6.45) is 0. The van der Waals surface area contributed by atoms with Gasteiger partial charge in [-0.25, -0.2) is 0 Å². The summed E-state index contributed by atoms with van der Waals surface area (Å²) in [6, 6.07) is 12.2. The molecule has 0 unspecified atom stereocenters. The van der Waals surface area contributed by atoms with Gasteiger partial charge in [0.05, 0.1) is 35.7 Å². The molecule has 14 heavy (non-hydrogen) atoms. The van der Waals surface area contributed by atoms with Crippen LogP contribution < -0.4 is 8.27 Å². The quantitative estimate of drug-likeness (QED) is 0.675. The predicted molar refractivity (Wildman–Crippen MR) is 68.1 cm³/mol. The van der Waals surface area contributed by atoms with E-state index in [0.717, 1.165) is 16.8 Å². The number of nitrogens with one attached hydrogen (secondary N) is 1. The molecule has 2 aromatic carbocycles. The first-order valence-electron chi connectivity index (χ1n) is 4.29. The van der Waals surface area contributed by atoms with Gasteiger partial charge in [0.1, 0.15) is 5.75 Å². The second-order valence-corrected chi connectivity index (χ2v) is 3.49. The van der Waals surface area contributed by atoms with E-state index in [-0.39, 0.29) is 0 Å². The molecule has 0 aliphatic rings. The Labute approximate surface area is 96.8 Å². The molecule has 0 fully saturated rings. The van der Waals surface area contributed by atoms with Crippen LogP contribution in [0.1, 0.15) is 0 Å². The number of hydrogen-bond acceptors (Lipinski definition) is 2. The number of benzene rings is 2. The molecule has 2 aromatic rings. The van der Waals surface area contributed by atoms with Crippen molar-refractivity contribution in [3.8, 4) is 5.75 Å². The van der Waals surface area contributed by atoms with E-state index in [1.54, 1.807) is 7.11 Å². The summed E-state index contributed by atoms with van der Waals surface area (Å²) in [7, 11) is 1.69. The highest BCUT2D eigenvalue weighted by atomic mass is 127. The Bertz CT molecular complexity index is 413. The Morgan fingerprint density at radius 3 is 2.43 bits per heavy atom. The van der Waals surface area contributed by atoms with Crippen LogP contribution in [0.2, 0.25) is 0 Å². The van der Waals surface area contributed by atoms with Gasteiger partial charge < -0.3 is 8.27 Å². The molecule has 1 N–H and O–H groups in total. The van der Waals surface area contributed by atoms with E-state index in [1.165, 1.54) is 5.39 Å². The van der Waals surface area contributed by atoms with Gasteiger partial charge in [0.2, 0.25) is 0 Å². The van der Waals surface area contributed by atoms with Crippen molar-refractivity contribution >= 4 is 39.3 Å². The van der Waals surface area contributed by atoms with Crippen molar-refractivity contribution in [2.45, 2.75) is 0 Å². The lowest BCUT2D eigenvalue weighted by atomic mass is 10.1. The monoisotopic (exact) mass is 299 g/mol. The third-order valence-electron chi connectivity index (χ3n) is 2.21. The second-order valence-electron chi connectivity index (χ2n) is 2.96. The highest BCUT2D eigenvalue weighted by Crippen LogP contribution is 2.31. The van der Waals surface area contributed by atoms with Crippen LogP contribution in [0.5, 0.6) is 5.75 Å². The number of rotatable bonds is 2. The van der Waals surface area contributed by atoms with Crippen LogP contribution in [0.25, 0.3) is 10.8 Å². The van der Waals surface area contributed by atoms with E-state index >= 15 is 0 Å². The normalized spacial score (nSPS) is 10.1. The average molecular weight is 299 g/mol. The highest BCUT2D eigenvalue weighted by molar-refractivity contribution is 14.1. The fourth-order valence-electron chi connectivity index (χ4n) is 1.53. The molecule has 0 amide bonds. The van der Waals surface area contributed by atoms with E-state index in [0.29, 0.717) is 0 Å². The molecule has 0 aliphatic carbocycles. The molecule has 0 bridgehead atoms. The summed E-state index contributed by atoms with van der Waals surface area (Å²) in [5, 5.41) is 2.32. The Morgan fingerprint density at radius 2 is 1.79 bits per heavy atom. The van der Waals surface area contributed by atoms with Gasteiger partial charge in [0.25, 0.3) is 0 Å². The summed E-state index contributed by atoms with van der Waals surface area (Å²) < 4.78 is 8.43. The van der Waals surface area contributed by atoms with Gasteiger partial charge in [-0.1, -0.05) is 24.3 Å². The fraction of sp³-hybridized carbons (Fsp3) is 0.0909. The molecule has 2 nitrogen and oxygen atoms in total. The summed E-state index contributed by atoms with van der Waals surface area (Å²) in [4.78, 5) is 0. The number of halogens is 1. The zero-order chi connectivity index (χ0) is 9.97. The first kappa shape index (κ1) is 9.58. The molecule has 72 valence electrons. The molecule has 0 atom stereocenters. The maximum atomic E-state index is 5.30. The van der Waals surface area contributed by atoms with Crippen LogP contribution in [0.4, 0.5) is 5.69 Å².